The smallest absolute Gasteiger partial charge is 0.243 e. The molecule has 0 fully saturated rings. The minimum Gasteiger partial charge on any atom is -0.356 e. The Morgan fingerprint density at radius 2 is 2.00 bits per heavy atom. The van der Waals surface area contributed by atoms with E-state index in [0.29, 0.717) is 11.9 Å². The van der Waals surface area contributed by atoms with Gasteiger partial charge in [-0.05, 0) is 36.5 Å². The van der Waals surface area contributed by atoms with Gasteiger partial charge in [0.2, 0.25) is 5.91 Å². The van der Waals surface area contributed by atoms with Crippen LogP contribution in [0.3, 0.4) is 0 Å². The monoisotopic (exact) mass is 432 g/mol. The highest BCUT2D eigenvalue weighted by atomic mass is 127. The average Bonchev–Trinajstić information content (AvgIpc) is 2.50. The summed E-state index contributed by atoms with van der Waals surface area (Å²) in [7, 11) is 1.70. The van der Waals surface area contributed by atoms with Crippen LogP contribution < -0.4 is 16.0 Å². The van der Waals surface area contributed by atoms with Crippen LogP contribution in [0.2, 0.25) is 0 Å². The van der Waals surface area contributed by atoms with Gasteiger partial charge in [-0.3, -0.25) is 9.79 Å². The third-order valence-corrected chi connectivity index (χ3v) is 3.27. The molecule has 0 radical (unpaired) electrons. The molecule has 0 saturated carbocycles. The molecule has 0 saturated heterocycles. The molecule has 1 aromatic carbocycles. The van der Waals surface area contributed by atoms with Gasteiger partial charge in [0, 0.05) is 19.3 Å². The van der Waals surface area contributed by atoms with Crippen LogP contribution in [0.15, 0.2) is 29.3 Å². The molecule has 130 valence electrons. The Bertz CT molecular complexity index is 503. The van der Waals surface area contributed by atoms with Crippen LogP contribution in [0.1, 0.15) is 32.8 Å². The third-order valence-electron chi connectivity index (χ3n) is 3.27. The number of rotatable bonds is 7. The molecule has 3 N–H and O–H groups in total. The average molecular weight is 432 g/mol. The first-order chi connectivity index (χ1) is 10.5. The Kier molecular flexibility index (Phi) is 11.5. The fourth-order valence-electron chi connectivity index (χ4n) is 1.94. The number of aliphatic imine (C=N–C) groups is 1. The summed E-state index contributed by atoms with van der Waals surface area (Å²) in [5, 5.41) is 9.10. The Morgan fingerprint density at radius 1 is 1.26 bits per heavy atom. The molecule has 5 nitrogen and oxygen atoms in total. The van der Waals surface area contributed by atoms with Crippen molar-refractivity contribution in [2.24, 2.45) is 10.9 Å². The standard InChI is InChI=1S/C17H28N4O.HI/c1-5-14-7-6-8-15(11-14)21-16(22)12-20-17(18-4)19-10-9-13(2)3;/h6-8,11,13H,5,9-10,12H2,1-4H3,(H,21,22)(H2,18,19,20);1H. The van der Waals surface area contributed by atoms with Crippen molar-refractivity contribution >= 4 is 41.5 Å². The molecule has 0 aliphatic rings. The second-order valence-electron chi connectivity index (χ2n) is 5.64. The van der Waals surface area contributed by atoms with Gasteiger partial charge in [-0.25, -0.2) is 0 Å². The SMILES string of the molecule is CCc1cccc(NC(=O)CNC(=NC)NCCC(C)C)c1.I. The molecule has 23 heavy (non-hydrogen) atoms. The number of nitrogens with zero attached hydrogens (tertiary/aromatic N) is 1. The number of hydrogen-bond acceptors (Lipinski definition) is 2. The van der Waals surface area contributed by atoms with Crippen molar-refractivity contribution < 1.29 is 4.79 Å². The Balaban J connectivity index is 0.00000484. The van der Waals surface area contributed by atoms with Crippen LogP contribution in [0, 0.1) is 5.92 Å². The second kappa shape index (κ2) is 12.2. The zero-order valence-electron chi connectivity index (χ0n) is 14.5. The molecule has 0 aliphatic carbocycles. The lowest BCUT2D eigenvalue weighted by molar-refractivity contribution is -0.115. The first kappa shape index (κ1) is 21.7. The van der Waals surface area contributed by atoms with Crippen LogP contribution in [-0.2, 0) is 11.2 Å². The van der Waals surface area contributed by atoms with Crippen molar-refractivity contribution in [3.63, 3.8) is 0 Å². The summed E-state index contributed by atoms with van der Waals surface area (Å²) in [6.07, 6.45) is 2.02. The lowest BCUT2D eigenvalue weighted by Gasteiger charge is -2.13. The van der Waals surface area contributed by atoms with E-state index in [4.69, 9.17) is 0 Å². The molecule has 0 heterocycles. The summed E-state index contributed by atoms with van der Waals surface area (Å²) < 4.78 is 0. The van der Waals surface area contributed by atoms with Crippen LogP contribution in [0.5, 0.6) is 0 Å². The van der Waals surface area contributed by atoms with E-state index in [1.54, 1.807) is 7.05 Å². The molecule has 1 rings (SSSR count). The van der Waals surface area contributed by atoms with E-state index >= 15 is 0 Å². The molecule has 1 aromatic rings. The fraction of sp³-hybridized carbons (Fsp3) is 0.529. The number of amides is 1. The van der Waals surface area contributed by atoms with E-state index < -0.39 is 0 Å². The Morgan fingerprint density at radius 3 is 2.61 bits per heavy atom. The van der Waals surface area contributed by atoms with Gasteiger partial charge in [0.1, 0.15) is 0 Å². The van der Waals surface area contributed by atoms with Gasteiger partial charge in [0.05, 0.1) is 6.54 Å². The maximum Gasteiger partial charge on any atom is 0.243 e. The summed E-state index contributed by atoms with van der Waals surface area (Å²) >= 11 is 0. The van der Waals surface area contributed by atoms with E-state index in [2.05, 4.69) is 41.7 Å². The summed E-state index contributed by atoms with van der Waals surface area (Å²) in [5.41, 5.74) is 2.03. The Hall–Kier alpha value is -1.31. The van der Waals surface area contributed by atoms with Crippen LogP contribution >= 0.6 is 24.0 Å². The van der Waals surface area contributed by atoms with Gasteiger partial charge >= 0.3 is 0 Å². The van der Waals surface area contributed by atoms with Gasteiger partial charge in [-0.15, -0.1) is 24.0 Å². The highest BCUT2D eigenvalue weighted by Crippen LogP contribution is 2.10. The molecule has 0 aromatic heterocycles. The van der Waals surface area contributed by atoms with E-state index in [1.165, 1.54) is 5.56 Å². The summed E-state index contributed by atoms with van der Waals surface area (Å²) in [6.45, 7) is 7.48. The van der Waals surface area contributed by atoms with Gasteiger partial charge < -0.3 is 16.0 Å². The first-order valence-electron chi connectivity index (χ1n) is 7.88. The predicted molar refractivity (Wildman–Crippen MR) is 109 cm³/mol. The molecule has 6 heteroatoms. The van der Waals surface area contributed by atoms with Gasteiger partial charge in [-0.1, -0.05) is 32.9 Å². The molecule has 0 atom stereocenters. The van der Waals surface area contributed by atoms with Crippen molar-refractivity contribution in [2.75, 3.05) is 25.5 Å². The number of carbonyl (C=O) groups is 1. The Labute approximate surface area is 156 Å². The van der Waals surface area contributed by atoms with Crippen LogP contribution in [0.4, 0.5) is 5.69 Å². The van der Waals surface area contributed by atoms with Crippen molar-refractivity contribution in [1.29, 1.82) is 0 Å². The largest absolute Gasteiger partial charge is 0.356 e. The number of halogens is 1. The number of hydrogen-bond donors (Lipinski definition) is 3. The minimum atomic E-state index is -0.0833. The van der Waals surface area contributed by atoms with Gasteiger partial charge in [0.25, 0.3) is 0 Å². The predicted octanol–water partition coefficient (Wildman–Crippen LogP) is 3.02. The number of benzene rings is 1. The lowest BCUT2D eigenvalue weighted by Crippen LogP contribution is -2.41. The van der Waals surface area contributed by atoms with Crippen LogP contribution in [-0.4, -0.2) is 32.0 Å². The highest BCUT2D eigenvalue weighted by Gasteiger charge is 2.05. The summed E-state index contributed by atoms with van der Waals surface area (Å²) in [6, 6.07) is 7.89. The van der Waals surface area contributed by atoms with Crippen molar-refractivity contribution in [3.8, 4) is 0 Å². The van der Waals surface area contributed by atoms with Crippen molar-refractivity contribution in [2.45, 2.75) is 33.6 Å². The lowest BCUT2D eigenvalue weighted by atomic mass is 10.1. The van der Waals surface area contributed by atoms with Crippen molar-refractivity contribution in [3.05, 3.63) is 29.8 Å². The number of aryl methyl sites for hydroxylation is 1. The maximum atomic E-state index is 12.0. The zero-order valence-corrected chi connectivity index (χ0v) is 16.8. The number of anilines is 1. The highest BCUT2D eigenvalue weighted by molar-refractivity contribution is 14.0. The molecule has 0 unspecified atom stereocenters. The minimum absolute atomic E-state index is 0. The van der Waals surface area contributed by atoms with Crippen molar-refractivity contribution in [1.82, 2.24) is 10.6 Å². The topological polar surface area (TPSA) is 65.5 Å². The molecule has 0 bridgehead atoms. The molecular weight excluding hydrogens is 403 g/mol. The van der Waals surface area contributed by atoms with E-state index in [9.17, 15) is 4.79 Å². The molecule has 0 spiro atoms. The zero-order chi connectivity index (χ0) is 16.4. The second-order valence-corrected chi connectivity index (χ2v) is 5.64. The third kappa shape index (κ3) is 9.43. The number of carbonyl (C=O) groups excluding carboxylic acids is 1. The normalized spacial score (nSPS) is 10.9. The van der Waals surface area contributed by atoms with E-state index in [0.717, 1.165) is 25.1 Å². The fourth-order valence-corrected chi connectivity index (χ4v) is 1.94. The maximum absolute atomic E-state index is 12.0. The number of nitrogens with one attached hydrogen (secondary N) is 3. The van der Waals surface area contributed by atoms with E-state index in [1.807, 2.05) is 24.3 Å². The summed E-state index contributed by atoms with van der Waals surface area (Å²) in [4.78, 5) is 16.1. The summed E-state index contributed by atoms with van der Waals surface area (Å²) in [5.74, 6) is 1.21. The molecular formula is C17H29IN4O. The first-order valence-corrected chi connectivity index (χ1v) is 7.88. The molecule has 1 amide bonds. The van der Waals surface area contributed by atoms with Crippen LogP contribution in [0.25, 0.3) is 0 Å². The van der Waals surface area contributed by atoms with E-state index in [-0.39, 0.29) is 36.4 Å². The molecule has 0 aliphatic heterocycles. The quantitative estimate of drug-likeness (QED) is 0.353. The number of guanidine groups is 1. The van der Waals surface area contributed by atoms with Gasteiger partial charge in [-0.2, -0.15) is 0 Å². The van der Waals surface area contributed by atoms with Gasteiger partial charge in [0.15, 0.2) is 5.96 Å².